The van der Waals surface area contributed by atoms with Gasteiger partial charge in [-0.1, -0.05) is 0 Å². The fourth-order valence-electron chi connectivity index (χ4n) is 1.57. The average molecular weight is 322 g/mol. The highest BCUT2D eigenvalue weighted by molar-refractivity contribution is 5.88. The van der Waals surface area contributed by atoms with Gasteiger partial charge in [0.25, 0.3) is 0 Å². The van der Waals surface area contributed by atoms with E-state index < -0.39 is 11.6 Å². The van der Waals surface area contributed by atoms with Gasteiger partial charge in [-0.05, 0) is 13.8 Å². The quantitative estimate of drug-likeness (QED) is 0.936. The highest BCUT2D eigenvalue weighted by Crippen LogP contribution is 2.21. The van der Waals surface area contributed by atoms with Gasteiger partial charge in [0.05, 0.1) is 12.4 Å². The summed E-state index contributed by atoms with van der Waals surface area (Å²) < 4.78 is 31.4. The van der Waals surface area contributed by atoms with Gasteiger partial charge in [-0.15, -0.1) is 0 Å². The highest BCUT2D eigenvalue weighted by Gasteiger charge is 2.12. The topological polar surface area (TPSA) is 67.4 Å². The smallest absolute Gasteiger partial charge is 0.323 e. The Labute approximate surface area is 132 Å². The van der Waals surface area contributed by atoms with Gasteiger partial charge < -0.3 is 9.64 Å². The zero-order chi connectivity index (χ0) is 17.0. The molecule has 0 aliphatic carbocycles. The fraction of sp³-hybridized carbons (Fsp3) is 0.267. The molecule has 0 atom stereocenters. The molecule has 1 heterocycles. The summed E-state index contributed by atoms with van der Waals surface area (Å²) in [6.07, 6.45) is 2.53. The van der Waals surface area contributed by atoms with E-state index >= 15 is 0 Å². The van der Waals surface area contributed by atoms with E-state index in [9.17, 15) is 13.6 Å². The van der Waals surface area contributed by atoms with Crippen LogP contribution in [0.1, 0.15) is 13.8 Å². The lowest BCUT2D eigenvalue weighted by Gasteiger charge is -2.21. The van der Waals surface area contributed by atoms with Crippen LogP contribution in [0.3, 0.4) is 0 Å². The first-order chi connectivity index (χ1) is 10.8. The Morgan fingerprint density at radius 2 is 1.83 bits per heavy atom. The molecule has 2 rings (SSSR count). The molecule has 0 aliphatic rings. The Hall–Kier alpha value is -2.77. The first-order valence-electron chi connectivity index (χ1n) is 6.85. The molecule has 2 amide bonds. The predicted octanol–water partition coefficient (Wildman–Crippen LogP) is 3.42. The number of amides is 2. The van der Waals surface area contributed by atoms with Crippen LogP contribution in [0, 0.1) is 11.6 Å². The molecule has 6 nitrogen and oxygen atoms in total. The van der Waals surface area contributed by atoms with Crippen molar-refractivity contribution in [2.45, 2.75) is 19.9 Å². The maximum absolute atomic E-state index is 13.1. The molecule has 0 fully saturated rings. The summed E-state index contributed by atoms with van der Waals surface area (Å²) >= 11 is 0. The van der Waals surface area contributed by atoms with Gasteiger partial charge in [0.1, 0.15) is 17.4 Å². The van der Waals surface area contributed by atoms with Crippen molar-refractivity contribution in [2.24, 2.45) is 0 Å². The molecular formula is C15H16F2N4O2. The van der Waals surface area contributed by atoms with Crippen molar-refractivity contribution < 1.29 is 18.3 Å². The molecule has 23 heavy (non-hydrogen) atoms. The van der Waals surface area contributed by atoms with Crippen LogP contribution in [0.4, 0.5) is 19.4 Å². The van der Waals surface area contributed by atoms with Crippen molar-refractivity contribution in [3.8, 4) is 11.6 Å². The summed E-state index contributed by atoms with van der Waals surface area (Å²) in [5, 5.41) is 2.57. The molecule has 8 heteroatoms. The summed E-state index contributed by atoms with van der Waals surface area (Å²) in [6.45, 7) is 3.75. The molecule has 122 valence electrons. The van der Waals surface area contributed by atoms with Gasteiger partial charge in [-0.25, -0.2) is 23.5 Å². The molecule has 0 saturated heterocycles. The van der Waals surface area contributed by atoms with Gasteiger partial charge in [0, 0.05) is 31.3 Å². The van der Waals surface area contributed by atoms with E-state index in [0.29, 0.717) is 0 Å². The lowest BCUT2D eigenvalue weighted by atomic mass is 10.3. The number of nitrogens with one attached hydrogen (secondary N) is 1. The van der Waals surface area contributed by atoms with Crippen molar-refractivity contribution in [1.29, 1.82) is 0 Å². The number of carbonyl (C=O) groups excluding carboxylic acids is 1. The SMILES string of the molecule is CC(C)N(C)C(=O)Nc1cnc(Oc2cc(F)cc(F)c2)cn1. The number of urea groups is 1. The van der Waals surface area contributed by atoms with Crippen LogP contribution in [-0.2, 0) is 0 Å². The van der Waals surface area contributed by atoms with Crippen LogP contribution < -0.4 is 10.1 Å². The van der Waals surface area contributed by atoms with Gasteiger partial charge in [0.2, 0.25) is 5.88 Å². The van der Waals surface area contributed by atoms with E-state index in [2.05, 4.69) is 15.3 Å². The molecule has 2 aromatic rings. The summed E-state index contributed by atoms with van der Waals surface area (Å²) in [7, 11) is 1.66. The maximum Gasteiger partial charge on any atom is 0.323 e. The van der Waals surface area contributed by atoms with Crippen LogP contribution >= 0.6 is 0 Å². The lowest BCUT2D eigenvalue weighted by molar-refractivity contribution is 0.211. The Bertz CT molecular complexity index is 672. The Balaban J connectivity index is 2.03. The summed E-state index contributed by atoms with van der Waals surface area (Å²) in [5.41, 5.74) is 0. The first-order valence-corrected chi connectivity index (χ1v) is 6.85. The van der Waals surface area contributed by atoms with E-state index in [0.717, 1.165) is 18.2 Å². The van der Waals surface area contributed by atoms with Gasteiger partial charge in [-0.3, -0.25) is 5.32 Å². The Morgan fingerprint density at radius 1 is 1.17 bits per heavy atom. The number of rotatable bonds is 4. The molecule has 0 spiro atoms. The van der Waals surface area contributed by atoms with Crippen molar-refractivity contribution in [3.05, 3.63) is 42.2 Å². The summed E-state index contributed by atoms with van der Waals surface area (Å²) in [5.74, 6) is -1.26. The number of benzene rings is 1. The second kappa shape index (κ2) is 6.99. The van der Waals surface area contributed by atoms with Crippen LogP contribution in [0.25, 0.3) is 0 Å². The Morgan fingerprint density at radius 3 is 2.35 bits per heavy atom. The number of nitrogens with zero attached hydrogens (tertiary/aromatic N) is 3. The second-order valence-corrected chi connectivity index (χ2v) is 5.08. The number of aromatic nitrogens is 2. The average Bonchev–Trinajstić information content (AvgIpc) is 2.47. The van der Waals surface area contributed by atoms with Gasteiger partial charge in [0.15, 0.2) is 5.82 Å². The summed E-state index contributed by atoms with van der Waals surface area (Å²) in [4.78, 5) is 21.2. The maximum atomic E-state index is 13.1. The van der Waals surface area contributed by atoms with Crippen LogP contribution in [-0.4, -0.2) is 34.0 Å². The minimum absolute atomic E-state index is 0.0341. The van der Waals surface area contributed by atoms with Crippen LogP contribution in [0.15, 0.2) is 30.6 Å². The van der Waals surface area contributed by atoms with Gasteiger partial charge in [-0.2, -0.15) is 0 Å². The predicted molar refractivity (Wildman–Crippen MR) is 80.4 cm³/mol. The van der Waals surface area contributed by atoms with E-state index in [1.165, 1.54) is 17.3 Å². The third kappa shape index (κ3) is 4.60. The van der Waals surface area contributed by atoms with Crippen molar-refractivity contribution in [2.75, 3.05) is 12.4 Å². The lowest BCUT2D eigenvalue weighted by Crippen LogP contribution is -2.36. The third-order valence-corrected chi connectivity index (χ3v) is 3.02. The number of hydrogen-bond acceptors (Lipinski definition) is 4. The summed E-state index contributed by atoms with van der Waals surface area (Å²) in [6, 6.07) is 2.50. The van der Waals surface area contributed by atoms with Crippen molar-refractivity contribution in [3.63, 3.8) is 0 Å². The standard InChI is InChI=1S/C15H16F2N4O2/c1-9(2)21(3)15(22)20-13-7-19-14(8-18-13)23-12-5-10(16)4-11(17)6-12/h4-9H,1-3H3,(H,18,20,22). The van der Waals surface area contributed by atoms with E-state index in [4.69, 9.17) is 4.74 Å². The Kier molecular flexibility index (Phi) is 5.05. The molecule has 0 saturated carbocycles. The molecule has 1 aromatic carbocycles. The zero-order valence-corrected chi connectivity index (χ0v) is 12.9. The highest BCUT2D eigenvalue weighted by atomic mass is 19.1. The number of halogens is 2. The molecule has 0 unspecified atom stereocenters. The van der Waals surface area contributed by atoms with E-state index in [1.54, 1.807) is 7.05 Å². The van der Waals surface area contributed by atoms with Crippen LogP contribution in [0.2, 0.25) is 0 Å². The van der Waals surface area contributed by atoms with E-state index in [1.807, 2.05) is 13.8 Å². The van der Waals surface area contributed by atoms with Crippen molar-refractivity contribution >= 4 is 11.8 Å². The molecule has 1 N–H and O–H groups in total. The second-order valence-electron chi connectivity index (χ2n) is 5.08. The van der Waals surface area contributed by atoms with Gasteiger partial charge >= 0.3 is 6.03 Å². The van der Waals surface area contributed by atoms with E-state index in [-0.39, 0.29) is 29.5 Å². The minimum Gasteiger partial charge on any atom is -0.437 e. The third-order valence-electron chi connectivity index (χ3n) is 3.02. The number of hydrogen-bond donors (Lipinski definition) is 1. The molecular weight excluding hydrogens is 306 g/mol. The molecule has 0 bridgehead atoms. The largest absolute Gasteiger partial charge is 0.437 e. The van der Waals surface area contributed by atoms with Crippen LogP contribution in [0.5, 0.6) is 11.6 Å². The number of carbonyl (C=O) groups is 1. The monoisotopic (exact) mass is 322 g/mol. The molecule has 0 radical (unpaired) electrons. The number of ether oxygens (including phenoxy) is 1. The number of anilines is 1. The zero-order valence-electron chi connectivity index (χ0n) is 12.9. The normalized spacial score (nSPS) is 10.5. The van der Waals surface area contributed by atoms with Crippen molar-refractivity contribution in [1.82, 2.24) is 14.9 Å². The first kappa shape index (κ1) is 16.6. The fourth-order valence-corrected chi connectivity index (χ4v) is 1.57. The minimum atomic E-state index is -0.756. The molecule has 1 aromatic heterocycles. The molecule has 0 aliphatic heterocycles.